The zero-order valence-corrected chi connectivity index (χ0v) is 11.0. The van der Waals surface area contributed by atoms with E-state index in [0.29, 0.717) is 5.56 Å². The predicted molar refractivity (Wildman–Crippen MR) is 74.4 cm³/mol. The highest BCUT2D eigenvalue weighted by Gasteiger charge is 2.05. The number of nitrogens with two attached hydrogens (primary N) is 1. The Morgan fingerprint density at radius 3 is 2.85 bits per heavy atom. The summed E-state index contributed by atoms with van der Waals surface area (Å²) in [6.07, 6.45) is 0. The molecule has 0 atom stereocenters. The third-order valence-electron chi connectivity index (χ3n) is 2.81. The maximum Gasteiger partial charge on any atom is 0.170 e. The lowest BCUT2D eigenvalue weighted by Crippen LogP contribution is -2.13. The fourth-order valence-corrected chi connectivity index (χ4v) is 1.76. The summed E-state index contributed by atoms with van der Waals surface area (Å²) < 4.78 is 19.0. The maximum absolute atomic E-state index is 13.5. The number of halogens is 1. The molecule has 0 aliphatic rings. The Morgan fingerprint density at radius 2 is 2.10 bits per heavy atom. The lowest BCUT2D eigenvalue weighted by atomic mass is 10.1. The molecule has 2 rings (SSSR count). The molecule has 2 aromatic carbocycles. The molecular formula is C15H15FN2O2. The molecule has 0 amide bonds. The van der Waals surface area contributed by atoms with Crippen LogP contribution in [0.4, 0.5) is 4.39 Å². The molecule has 2 aromatic rings. The highest BCUT2D eigenvalue weighted by atomic mass is 19.1. The molecule has 0 unspecified atom stereocenters. The number of hydrogen-bond acceptors (Lipinski definition) is 3. The second-order valence-corrected chi connectivity index (χ2v) is 4.41. The van der Waals surface area contributed by atoms with Crippen LogP contribution in [0.2, 0.25) is 0 Å². The van der Waals surface area contributed by atoms with Gasteiger partial charge in [-0.2, -0.15) is 0 Å². The summed E-state index contributed by atoms with van der Waals surface area (Å²) in [5.41, 5.74) is 7.82. The molecule has 0 spiro atoms. The molecule has 0 bridgehead atoms. The van der Waals surface area contributed by atoms with Gasteiger partial charge in [-0.1, -0.05) is 29.4 Å². The van der Waals surface area contributed by atoms with E-state index >= 15 is 0 Å². The minimum absolute atomic E-state index is 0.0218. The maximum atomic E-state index is 13.5. The zero-order valence-electron chi connectivity index (χ0n) is 11.0. The Labute approximate surface area is 116 Å². The zero-order chi connectivity index (χ0) is 14.5. The van der Waals surface area contributed by atoms with Crippen LogP contribution in [-0.4, -0.2) is 11.0 Å². The minimum atomic E-state index is -0.400. The van der Waals surface area contributed by atoms with Gasteiger partial charge in [-0.15, -0.1) is 0 Å². The van der Waals surface area contributed by atoms with E-state index < -0.39 is 5.82 Å². The van der Waals surface area contributed by atoms with Gasteiger partial charge in [0.05, 0.1) is 0 Å². The van der Waals surface area contributed by atoms with Gasteiger partial charge in [0.1, 0.15) is 6.61 Å². The molecule has 0 aliphatic carbocycles. The monoisotopic (exact) mass is 274 g/mol. The van der Waals surface area contributed by atoms with Gasteiger partial charge in [-0.25, -0.2) is 4.39 Å². The van der Waals surface area contributed by atoms with Crippen LogP contribution in [0.3, 0.4) is 0 Å². The molecule has 5 heteroatoms. The molecule has 0 aliphatic heterocycles. The standard InChI is InChI=1S/C15H15FN2O2/c1-10-5-6-13(16)14(7-10)20-9-11-3-2-4-12(8-11)15(17)18-19/h2-8,19H,9H2,1H3,(H2,17,18). The van der Waals surface area contributed by atoms with Gasteiger partial charge in [0, 0.05) is 5.56 Å². The van der Waals surface area contributed by atoms with E-state index in [1.165, 1.54) is 6.07 Å². The number of benzene rings is 2. The van der Waals surface area contributed by atoms with Crippen molar-refractivity contribution in [1.82, 2.24) is 0 Å². The Morgan fingerprint density at radius 1 is 1.30 bits per heavy atom. The molecule has 0 heterocycles. The van der Waals surface area contributed by atoms with E-state index in [2.05, 4.69) is 5.16 Å². The molecule has 20 heavy (non-hydrogen) atoms. The van der Waals surface area contributed by atoms with Gasteiger partial charge >= 0.3 is 0 Å². The summed E-state index contributed by atoms with van der Waals surface area (Å²) in [6, 6.07) is 11.7. The first-order valence-electron chi connectivity index (χ1n) is 6.06. The topological polar surface area (TPSA) is 67.8 Å². The van der Waals surface area contributed by atoms with Crippen molar-refractivity contribution >= 4 is 5.84 Å². The number of rotatable bonds is 4. The van der Waals surface area contributed by atoms with E-state index in [9.17, 15) is 4.39 Å². The SMILES string of the molecule is Cc1ccc(F)c(OCc2cccc(C(N)=NO)c2)c1. The quantitative estimate of drug-likeness (QED) is 0.390. The molecule has 0 saturated heterocycles. The lowest BCUT2D eigenvalue weighted by Gasteiger charge is -2.09. The van der Waals surface area contributed by atoms with Gasteiger partial charge in [0.25, 0.3) is 0 Å². The number of amidine groups is 1. The minimum Gasteiger partial charge on any atom is -0.486 e. The summed E-state index contributed by atoms with van der Waals surface area (Å²) in [7, 11) is 0. The second-order valence-electron chi connectivity index (χ2n) is 4.41. The molecule has 0 radical (unpaired) electrons. The Kier molecular flexibility index (Phi) is 4.20. The molecule has 4 nitrogen and oxygen atoms in total. The van der Waals surface area contributed by atoms with E-state index in [-0.39, 0.29) is 18.2 Å². The average molecular weight is 274 g/mol. The molecule has 0 fully saturated rings. The van der Waals surface area contributed by atoms with Crippen molar-refractivity contribution in [3.8, 4) is 5.75 Å². The largest absolute Gasteiger partial charge is 0.486 e. The first-order valence-corrected chi connectivity index (χ1v) is 6.06. The predicted octanol–water partition coefficient (Wildman–Crippen LogP) is 2.81. The van der Waals surface area contributed by atoms with Crippen molar-refractivity contribution in [2.45, 2.75) is 13.5 Å². The van der Waals surface area contributed by atoms with Crippen LogP contribution in [0.1, 0.15) is 16.7 Å². The van der Waals surface area contributed by atoms with E-state index in [4.69, 9.17) is 15.7 Å². The van der Waals surface area contributed by atoms with Gasteiger partial charge in [0.2, 0.25) is 0 Å². The van der Waals surface area contributed by atoms with Crippen molar-refractivity contribution in [3.63, 3.8) is 0 Å². The van der Waals surface area contributed by atoms with Gasteiger partial charge in [-0.3, -0.25) is 0 Å². The highest BCUT2D eigenvalue weighted by molar-refractivity contribution is 5.97. The van der Waals surface area contributed by atoms with E-state index in [1.807, 2.05) is 13.0 Å². The Hall–Kier alpha value is -2.56. The van der Waals surface area contributed by atoms with Gasteiger partial charge in [0.15, 0.2) is 17.4 Å². The first-order chi connectivity index (χ1) is 9.60. The summed E-state index contributed by atoms with van der Waals surface area (Å²) in [5, 5.41) is 11.6. The highest BCUT2D eigenvalue weighted by Crippen LogP contribution is 2.19. The Balaban J connectivity index is 2.13. The van der Waals surface area contributed by atoms with Crippen LogP contribution >= 0.6 is 0 Å². The van der Waals surface area contributed by atoms with Crippen LogP contribution in [0, 0.1) is 12.7 Å². The fourth-order valence-electron chi connectivity index (χ4n) is 1.76. The molecule has 0 saturated carbocycles. The van der Waals surface area contributed by atoms with Crippen LogP contribution < -0.4 is 10.5 Å². The normalized spacial score (nSPS) is 11.4. The third kappa shape index (κ3) is 3.26. The number of aryl methyl sites for hydroxylation is 1. The van der Waals surface area contributed by atoms with Crippen molar-refractivity contribution in [2.75, 3.05) is 0 Å². The smallest absolute Gasteiger partial charge is 0.170 e. The third-order valence-corrected chi connectivity index (χ3v) is 2.81. The fraction of sp³-hybridized carbons (Fsp3) is 0.133. The number of ether oxygens (including phenoxy) is 1. The van der Waals surface area contributed by atoms with Crippen LogP contribution in [0.25, 0.3) is 0 Å². The molecule has 104 valence electrons. The van der Waals surface area contributed by atoms with Gasteiger partial charge in [-0.05, 0) is 36.2 Å². The lowest BCUT2D eigenvalue weighted by molar-refractivity contribution is 0.290. The number of nitrogens with zero attached hydrogens (tertiary/aromatic N) is 1. The van der Waals surface area contributed by atoms with Crippen molar-refractivity contribution in [3.05, 3.63) is 65.0 Å². The summed E-state index contributed by atoms with van der Waals surface area (Å²) in [6.45, 7) is 2.07. The number of oxime groups is 1. The molecular weight excluding hydrogens is 259 g/mol. The van der Waals surface area contributed by atoms with Crippen LogP contribution in [0.5, 0.6) is 5.75 Å². The van der Waals surface area contributed by atoms with Crippen LogP contribution in [-0.2, 0) is 6.61 Å². The first kappa shape index (κ1) is 13.9. The second kappa shape index (κ2) is 6.06. The van der Waals surface area contributed by atoms with Crippen molar-refractivity contribution in [1.29, 1.82) is 0 Å². The van der Waals surface area contributed by atoms with Crippen molar-refractivity contribution < 1.29 is 14.3 Å². The summed E-state index contributed by atoms with van der Waals surface area (Å²) in [5.74, 6) is -0.170. The van der Waals surface area contributed by atoms with Gasteiger partial charge < -0.3 is 15.7 Å². The van der Waals surface area contributed by atoms with Crippen LogP contribution in [0.15, 0.2) is 47.6 Å². The van der Waals surface area contributed by atoms with Crippen molar-refractivity contribution in [2.24, 2.45) is 10.9 Å². The summed E-state index contributed by atoms with van der Waals surface area (Å²) >= 11 is 0. The summed E-state index contributed by atoms with van der Waals surface area (Å²) in [4.78, 5) is 0. The Bertz CT molecular complexity index is 642. The molecule has 0 aromatic heterocycles. The average Bonchev–Trinajstić information content (AvgIpc) is 2.47. The van der Waals surface area contributed by atoms with E-state index in [0.717, 1.165) is 11.1 Å². The molecule has 3 N–H and O–H groups in total. The number of hydrogen-bond donors (Lipinski definition) is 2. The van der Waals surface area contributed by atoms with E-state index in [1.54, 1.807) is 30.3 Å².